The van der Waals surface area contributed by atoms with Crippen molar-refractivity contribution in [1.82, 2.24) is 20.3 Å². The van der Waals surface area contributed by atoms with E-state index in [-0.39, 0.29) is 23.9 Å². The quantitative estimate of drug-likeness (QED) is 0.457. The van der Waals surface area contributed by atoms with E-state index in [0.717, 1.165) is 11.6 Å². The fourth-order valence-electron chi connectivity index (χ4n) is 4.04. The topological polar surface area (TPSA) is 109 Å². The summed E-state index contributed by atoms with van der Waals surface area (Å²) in [6, 6.07) is 12.5. The molecular weight excluding hydrogens is 459 g/mol. The van der Waals surface area contributed by atoms with E-state index in [1.54, 1.807) is 19.2 Å². The number of alkyl halides is 3. The summed E-state index contributed by atoms with van der Waals surface area (Å²) in [6.07, 6.45) is -3.41. The molecule has 0 radical (unpaired) electrons. The van der Waals surface area contributed by atoms with Crippen molar-refractivity contribution in [1.29, 1.82) is 0 Å². The Kier molecular flexibility index (Phi) is 7.04. The van der Waals surface area contributed by atoms with Crippen molar-refractivity contribution < 1.29 is 18.0 Å². The molecule has 2 heterocycles. The normalized spacial score (nSPS) is 14.6. The molecule has 1 aliphatic heterocycles. The number of nitrogen functional groups attached to an aromatic ring is 1. The van der Waals surface area contributed by atoms with Gasteiger partial charge in [-0.2, -0.15) is 28.1 Å². The first-order chi connectivity index (χ1) is 16.7. The number of rotatable bonds is 6. The first-order valence-corrected chi connectivity index (χ1v) is 11.2. The maximum absolute atomic E-state index is 13.2. The van der Waals surface area contributed by atoms with Crippen molar-refractivity contribution in [3.05, 3.63) is 59.7 Å². The highest BCUT2D eigenvalue weighted by Crippen LogP contribution is 2.32. The third kappa shape index (κ3) is 5.79. The molecule has 1 amide bonds. The number of hydrogen-bond acceptors (Lipinski definition) is 7. The van der Waals surface area contributed by atoms with E-state index in [1.807, 2.05) is 17.0 Å². The van der Waals surface area contributed by atoms with Crippen LogP contribution in [0.15, 0.2) is 48.5 Å². The second-order valence-corrected chi connectivity index (χ2v) is 8.29. The van der Waals surface area contributed by atoms with E-state index in [9.17, 15) is 18.0 Å². The molecule has 0 spiro atoms. The fraction of sp³-hybridized carbons (Fsp3) is 0.333. The van der Waals surface area contributed by atoms with Gasteiger partial charge in [0.25, 0.3) is 0 Å². The van der Waals surface area contributed by atoms with Crippen LogP contribution in [0.5, 0.6) is 0 Å². The van der Waals surface area contributed by atoms with Gasteiger partial charge in [0.05, 0.1) is 5.56 Å². The average Bonchev–Trinajstić information content (AvgIpc) is 2.86. The van der Waals surface area contributed by atoms with Crippen molar-refractivity contribution in [2.75, 3.05) is 36.1 Å². The zero-order valence-electron chi connectivity index (χ0n) is 19.1. The standard InChI is InChI=1S/C24H26F3N7O/c1-29-22-31-20(16-6-4-7-18(28)13-16)32-23(33-22)34-11-9-15(10-12-34)21(35)30-14-17-5-2-3-8-19(17)24(25,26)27/h2-8,13,15H,9-12,14,28H2,1H3,(H,30,35)(H,29,31,32,33). The molecule has 1 aromatic heterocycles. The van der Waals surface area contributed by atoms with Gasteiger partial charge in [-0.15, -0.1) is 0 Å². The van der Waals surface area contributed by atoms with Crippen LogP contribution in [0.4, 0.5) is 30.8 Å². The minimum Gasteiger partial charge on any atom is -0.399 e. The van der Waals surface area contributed by atoms with Crippen LogP contribution >= 0.6 is 0 Å². The first-order valence-electron chi connectivity index (χ1n) is 11.2. The van der Waals surface area contributed by atoms with E-state index >= 15 is 0 Å². The lowest BCUT2D eigenvalue weighted by atomic mass is 9.96. The number of amides is 1. The van der Waals surface area contributed by atoms with E-state index in [4.69, 9.17) is 5.73 Å². The molecule has 0 bridgehead atoms. The monoisotopic (exact) mass is 485 g/mol. The SMILES string of the molecule is CNc1nc(-c2cccc(N)c2)nc(N2CCC(C(=O)NCc3ccccc3C(F)(F)F)CC2)n1. The molecule has 11 heteroatoms. The summed E-state index contributed by atoms with van der Waals surface area (Å²) in [5.41, 5.74) is 6.56. The lowest BCUT2D eigenvalue weighted by Gasteiger charge is -2.31. The van der Waals surface area contributed by atoms with E-state index < -0.39 is 11.7 Å². The minimum atomic E-state index is -4.46. The summed E-state index contributed by atoms with van der Waals surface area (Å²) < 4.78 is 39.6. The lowest BCUT2D eigenvalue weighted by Crippen LogP contribution is -2.41. The van der Waals surface area contributed by atoms with Crippen LogP contribution in [0.1, 0.15) is 24.0 Å². The zero-order valence-corrected chi connectivity index (χ0v) is 19.1. The van der Waals surface area contributed by atoms with E-state index in [2.05, 4.69) is 25.6 Å². The van der Waals surface area contributed by atoms with Gasteiger partial charge in [-0.3, -0.25) is 4.79 Å². The Hall–Kier alpha value is -3.89. The molecule has 0 unspecified atom stereocenters. The Morgan fingerprint density at radius 1 is 1.09 bits per heavy atom. The molecule has 8 nitrogen and oxygen atoms in total. The van der Waals surface area contributed by atoms with Gasteiger partial charge < -0.3 is 21.3 Å². The van der Waals surface area contributed by atoms with Gasteiger partial charge in [-0.25, -0.2) is 0 Å². The molecule has 1 fully saturated rings. The Labute approximate surface area is 200 Å². The van der Waals surface area contributed by atoms with Crippen molar-refractivity contribution >= 4 is 23.5 Å². The number of anilines is 3. The molecule has 4 rings (SSSR count). The van der Waals surface area contributed by atoms with Crippen molar-refractivity contribution in [3.8, 4) is 11.4 Å². The van der Waals surface area contributed by atoms with Gasteiger partial charge in [0.1, 0.15) is 0 Å². The number of hydrogen-bond donors (Lipinski definition) is 3. The van der Waals surface area contributed by atoms with Crippen LogP contribution in [-0.4, -0.2) is 41.0 Å². The summed E-state index contributed by atoms with van der Waals surface area (Å²) in [4.78, 5) is 28.1. The summed E-state index contributed by atoms with van der Waals surface area (Å²) in [7, 11) is 1.72. The Balaban J connectivity index is 1.40. The maximum atomic E-state index is 13.2. The second kappa shape index (κ2) is 10.2. The average molecular weight is 486 g/mol. The molecular formula is C24H26F3N7O. The van der Waals surface area contributed by atoms with Crippen LogP contribution in [0.25, 0.3) is 11.4 Å². The summed E-state index contributed by atoms with van der Waals surface area (Å²) in [5, 5.41) is 5.61. The minimum absolute atomic E-state index is 0.0460. The highest BCUT2D eigenvalue weighted by Gasteiger charge is 2.33. The van der Waals surface area contributed by atoms with Gasteiger partial charge in [0, 0.05) is 43.9 Å². The molecule has 0 aliphatic carbocycles. The Morgan fingerprint density at radius 3 is 2.51 bits per heavy atom. The van der Waals surface area contributed by atoms with Crippen LogP contribution in [-0.2, 0) is 17.5 Å². The van der Waals surface area contributed by atoms with Crippen molar-refractivity contribution in [2.45, 2.75) is 25.6 Å². The van der Waals surface area contributed by atoms with Gasteiger partial charge in [0.2, 0.25) is 17.8 Å². The predicted octanol–water partition coefficient (Wildman–Crippen LogP) is 3.71. The Morgan fingerprint density at radius 2 is 1.83 bits per heavy atom. The van der Waals surface area contributed by atoms with Gasteiger partial charge in [-0.1, -0.05) is 30.3 Å². The molecule has 0 saturated carbocycles. The third-order valence-corrected chi connectivity index (χ3v) is 5.92. The number of carbonyl (C=O) groups is 1. The number of nitrogens with one attached hydrogen (secondary N) is 2. The Bertz CT molecular complexity index is 1190. The first kappa shape index (κ1) is 24.2. The summed E-state index contributed by atoms with van der Waals surface area (Å²) >= 11 is 0. The molecule has 184 valence electrons. The smallest absolute Gasteiger partial charge is 0.399 e. The molecule has 1 aliphatic rings. The molecule has 0 atom stereocenters. The van der Waals surface area contributed by atoms with E-state index in [0.29, 0.717) is 49.3 Å². The van der Waals surface area contributed by atoms with Crippen molar-refractivity contribution in [2.24, 2.45) is 5.92 Å². The molecule has 3 aromatic rings. The van der Waals surface area contributed by atoms with Crippen LogP contribution in [0, 0.1) is 5.92 Å². The molecule has 2 aromatic carbocycles. The zero-order chi connectivity index (χ0) is 25.0. The highest BCUT2D eigenvalue weighted by atomic mass is 19.4. The number of carbonyl (C=O) groups excluding carboxylic acids is 1. The van der Waals surface area contributed by atoms with Crippen molar-refractivity contribution in [3.63, 3.8) is 0 Å². The molecule has 1 saturated heterocycles. The van der Waals surface area contributed by atoms with Gasteiger partial charge in [-0.05, 0) is 36.6 Å². The lowest BCUT2D eigenvalue weighted by molar-refractivity contribution is -0.138. The van der Waals surface area contributed by atoms with Gasteiger partial charge >= 0.3 is 6.18 Å². The third-order valence-electron chi connectivity index (χ3n) is 5.92. The van der Waals surface area contributed by atoms with Gasteiger partial charge in [0.15, 0.2) is 5.82 Å². The number of nitrogens with two attached hydrogens (primary N) is 1. The molecule has 4 N–H and O–H groups in total. The summed E-state index contributed by atoms with van der Waals surface area (Å²) in [6.45, 7) is 0.888. The van der Waals surface area contributed by atoms with Crippen LogP contribution in [0.3, 0.4) is 0 Å². The number of benzene rings is 2. The predicted molar refractivity (Wildman–Crippen MR) is 127 cm³/mol. The summed E-state index contributed by atoms with van der Waals surface area (Å²) in [5.74, 6) is 0.821. The fourth-order valence-corrected chi connectivity index (χ4v) is 4.04. The maximum Gasteiger partial charge on any atom is 0.416 e. The van der Waals surface area contributed by atoms with Crippen LogP contribution < -0.4 is 21.3 Å². The second-order valence-electron chi connectivity index (χ2n) is 8.29. The number of aromatic nitrogens is 3. The largest absolute Gasteiger partial charge is 0.416 e. The molecule has 35 heavy (non-hydrogen) atoms. The number of halogens is 3. The highest BCUT2D eigenvalue weighted by molar-refractivity contribution is 5.79. The van der Waals surface area contributed by atoms with Crippen LogP contribution in [0.2, 0.25) is 0 Å². The van der Waals surface area contributed by atoms with E-state index in [1.165, 1.54) is 18.2 Å². The number of piperidine rings is 1. The number of nitrogens with zero attached hydrogens (tertiary/aromatic N) is 4.